The van der Waals surface area contributed by atoms with E-state index in [2.05, 4.69) is 10.2 Å². The van der Waals surface area contributed by atoms with Crippen LogP contribution in [0.5, 0.6) is 0 Å². The third-order valence-electron chi connectivity index (χ3n) is 5.04. The number of hydrogen-bond donors (Lipinski definition) is 1. The largest absolute Gasteiger partial charge is 0.503 e. The zero-order valence-electron chi connectivity index (χ0n) is 15.8. The van der Waals surface area contributed by atoms with Gasteiger partial charge in [-0.2, -0.15) is 0 Å². The number of aryl methyl sites for hydroxylation is 1. The van der Waals surface area contributed by atoms with Crippen molar-refractivity contribution in [3.05, 3.63) is 88.5 Å². The van der Waals surface area contributed by atoms with Crippen LogP contribution in [-0.2, 0) is 4.79 Å². The number of ketones is 1. The number of aromatic nitrogens is 2. The number of nitrogens with zero attached hydrogens (tertiary/aromatic N) is 3. The normalized spacial score (nSPS) is 16.6. The second-order valence-electron chi connectivity index (χ2n) is 6.82. The average molecular weight is 417 g/mol. The SMILES string of the molecule is Cc1nnc(N2C(=O)C(O)=C(C(=O)c3ccco3)[C@H]2c2cccc3ccccc23)s1. The maximum absolute atomic E-state index is 13.2. The Labute approximate surface area is 174 Å². The van der Waals surface area contributed by atoms with Gasteiger partial charge in [-0.15, -0.1) is 10.2 Å². The van der Waals surface area contributed by atoms with Gasteiger partial charge in [0, 0.05) is 0 Å². The lowest BCUT2D eigenvalue weighted by molar-refractivity contribution is -0.117. The maximum atomic E-state index is 13.2. The molecule has 1 N–H and O–H groups in total. The van der Waals surface area contributed by atoms with Crippen molar-refractivity contribution in [2.75, 3.05) is 4.90 Å². The van der Waals surface area contributed by atoms with Crippen molar-refractivity contribution in [2.45, 2.75) is 13.0 Å². The molecule has 2 aromatic heterocycles. The Morgan fingerprint density at radius 3 is 2.63 bits per heavy atom. The van der Waals surface area contributed by atoms with E-state index in [1.807, 2.05) is 42.5 Å². The van der Waals surface area contributed by atoms with Crippen LogP contribution in [0, 0.1) is 6.92 Å². The number of carbonyl (C=O) groups is 2. The van der Waals surface area contributed by atoms with Gasteiger partial charge in [0.25, 0.3) is 5.91 Å². The van der Waals surface area contributed by atoms with Crippen LogP contribution < -0.4 is 4.90 Å². The first-order chi connectivity index (χ1) is 14.6. The molecule has 1 aliphatic rings. The van der Waals surface area contributed by atoms with Crippen molar-refractivity contribution in [3.8, 4) is 0 Å². The minimum atomic E-state index is -0.867. The molecule has 0 bridgehead atoms. The molecule has 1 amide bonds. The van der Waals surface area contributed by atoms with E-state index in [0.717, 1.165) is 10.8 Å². The Balaban J connectivity index is 1.76. The smallest absolute Gasteiger partial charge is 0.296 e. The molecule has 0 saturated heterocycles. The highest BCUT2D eigenvalue weighted by Crippen LogP contribution is 2.44. The van der Waals surface area contributed by atoms with Crippen LogP contribution in [0.1, 0.15) is 27.2 Å². The number of aliphatic hydroxyl groups is 1. The minimum Gasteiger partial charge on any atom is -0.503 e. The first kappa shape index (κ1) is 18.3. The lowest BCUT2D eigenvalue weighted by Crippen LogP contribution is -2.31. The van der Waals surface area contributed by atoms with Gasteiger partial charge in [-0.25, -0.2) is 0 Å². The van der Waals surface area contributed by atoms with Crippen LogP contribution in [0.2, 0.25) is 0 Å². The predicted molar refractivity (Wildman–Crippen MR) is 112 cm³/mol. The molecule has 2 aromatic carbocycles. The van der Waals surface area contributed by atoms with Gasteiger partial charge in [0.1, 0.15) is 5.01 Å². The molecule has 0 fully saturated rings. The van der Waals surface area contributed by atoms with Crippen LogP contribution in [0.15, 0.2) is 76.6 Å². The van der Waals surface area contributed by atoms with Crippen molar-refractivity contribution in [1.29, 1.82) is 0 Å². The summed E-state index contributed by atoms with van der Waals surface area (Å²) in [6, 6.07) is 15.5. The van der Waals surface area contributed by atoms with E-state index in [4.69, 9.17) is 4.42 Å². The molecule has 1 atom stereocenters. The second kappa shape index (κ2) is 6.93. The van der Waals surface area contributed by atoms with Gasteiger partial charge >= 0.3 is 0 Å². The monoisotopic (exact) mass is 417 g/mol. The fourth-order valence-corrected chi connectivity index (χ4v) is 4.46. The molecule has 4 aromatic rings. The van der Waals surface area contributed by atoms with Crippen molar-refractivity contribution in [1.82, 2.24) is 10.2 Å². The van der Waals surface area contributed by atoms with Gasteiger partial charge in [-0.3, -0.25) is 14.5 Å². The van der Waals surface area contributed by atoms with E-state index in [0.29, 0.717) is 15.7 Å². The zero-order chi connectivity index (χ0) is 20.8. The van der Waals surface area contributed by atoms with Crippen molar-refractivity contribution in [2.24, 2.45) is 0 Å². The summed E-state index contributed by atoms with van der Waals surface area (Å²) in [6.07, 6.45) is 1.38. The Bertz CT molecular complexity index is 1320. The van der Waals surface area contributed by atoms with E-state index in [1.165, 1.54) is 28.6 Å². The number of aliphatic hydroxyl groups excluding tert-OH is 1. The molecular formula is C22H15N3O4S. The molecular weight excluding hydrogens is 402 g/mol. The summed E-state index contributed by atoms with van der Waals surface area (Å²) in [5, 5.41) is 21.6. The Morgan fingerprint density at radius 2 is 1.90 bits per heavy atom. The van der Waals surface area contributed by atoms with Crippen molar-refractivity contribution < 1.29 is 19.1 Å². The Hall–Kier alpha value is -3.78. The first-order valence-electron chi connectivity index (χ1n) is 9.19. The van der Waals surface area contributed by atoms with Gasteiger partial charge in [0.05, 0.1) is 17.9 Å². The number of fused-ring (bicyclic) bond motifs is 1. The summed E-state index contributed by atoms with van der Waals surface area (Å²) in [7, 11) is 0. The molecule has 30 heavy (non-hydrogen) atoms. The lowest BCUT2D eigenvalue weighted by Gasteiger charge is -2.25. The summed E-state index contributed by atoms with van der Waals surface area (Å²) in [6.45, 7) is 1.77. The molecule has 5 rings (SSSR count). The number of Topliss-reactive ketones (excluding diaryl/α,β-unsaturated/α-hetero) is 1. The van der Waals surface area contributed by atoms with Crippen LogP contribution in [0.4, 0.5) is 5.13 Å². The number of amides is 1. The zero-order valence-corrected chi connectivity index (χ0v) is 16.6. The number of benzene rings is 2. The minimum absolute atomic E-state index is 0.0424. The molecule has 0 radical (unpaired) electrons. The third kappa shape index (κ3) is 2.73. The molecule has 1 aliphatic heterocycles. The number of hydrogen-bond acceptors (Lipinski definition) is 7. The Morgan fingerprint density at radius 1 is 1.10 bits per heavy atom. The quantitative estimate of drug-likeness (QED) is 0.495. The van der Waals surface area contributed by atoms with Crippen molar-refractivity contribution in [3.63, 3.8) is 0 Å². The highest BCUT2D eigenvalue weighted by Gasteiger charge is 2.47. The van der Waals surface area contributed by atoms with Gasteiger partial charge in [-0.1, -0.05) is 53.8 Å². The summed E-state index contributed by atoms with van der Waals surface area (Å²) < 4.78 is 5.26. The fourth-order valence-electron chi connectivity index (χ4n) is 3.74. The molecule has 0 saturated carbocycles. The van der Waals surface area contributed by atoms with Gasteiger partial charge < -0.3 is 9.52 Å². The number of carbonyl (C=O) groups excluding carboxylic acids is 2. The average Bonchev–Trinajstić information content (AvgIpc) is 3.48. The maximum Gasteiger partial charge on any atom is 0.296 e. The number of rotatable bonds is 4. The number of furan rings is 1. The molecule has 0 unspecified atom stereocenters. The Kier molecular flexibility index (Phi) is 4.22. The third-order valence-corrected chi connectivity index (χ3v) is 5.88. The molecule has 148 valence electrons. The second-order valence-corrected chi connectivity index (χ2v) is 7.98. The standard InChI is InChI=1S/C22H15N3O4S/c1-12-23-24-22(30-12)25-18(15-9-4-7-13-6-2-3-8-14(13)15)17(20(27)21(25)28)19(26)16-10-5-11-29-16/h2-11,18,27H,1H3/t18-/m1/s1. The topological polar surface area (TPSA) is 96.5 Å². The summed E-state index contributed by atoms with van der Waals surface area (Å²) >= 11 is 1.22. The molecule has 8 heteroatoms. The summed E-state index contributed by atoms with van der Waals surface area (Å²) in [4.78, 5) is 27.7. The highest BCUT2D eigenvalue weighted by molar-refractivity contribution is 7.15. The predicted octanol–water partition coefficient (Wildman–Crippen LogP) is 4.38. The van der Waals surface area contributed by atoms with E-state index in [9.17, 15) is 14.7 Å². The van der Waals surface area contributed by atoms with E-state index < -0.39 is 23.5 Å². The molecule has 0 aliphatic carbocycles. The summed E-state index contributed by atoms with van der Waals surface area (Å²) in [5.74, 6) is -1.81. The molecule has 0 spiro atoms. The molecule has 3 heterocycles. The van der Waals surface area contributed by atoms with E-state index in [1.54, 1.807) is 13.0 Å². The van der Waals surface area contributed by atoms with E-state index >= 15 is 0 Å². The van der Waals surface area contributed by atoms with Crippen LogP contribution in [-0.4, -0.2) is 27.0 Å². The molecule has 7 nitrogen and oxygen atoms in total. The van der Waals surface area contributed by atoms with Gasteiger partial charge in [-0.05, 0) is 35.4 Å². The van der Waals surface area contributed by atoms with Gasteiger partial charge in [0.15, 0.2) is 11.5 Å². The van der Waals surface area contributed by atoms with Gasteiger partial charge in [0.2, 0.25) is 10.9 Å². The lowest BCUT2D eigenvalue weighted by atomic mass is 9.91. The fraction of sp³-hybridized carbons (Fsp3) is 0.0909. The highest BCUT2D eigenvalue weighted by atomic mass is 32.1. The van der Waals surface area contributed by atoms with Crippen molar-refractivity contribution >= 4 is 38.9 Å². The van der Waals surface area contributed by atoms with Crippen LogP contribution in [0.25, 0.3) is 10.8 Å². The number of anilines is 1. The first-order valence-corrected chi connectivity index (χ1v) is 10.0. The van der Waals surface area contributed by atoms with E-state index in [-0.39, 0.29) is 11.3 Å². The summed E-state index contributed by atoms with van der Waals surface area (Å²) in [5.41, 5.74) is 0.660. The van der Waals surface area contributed by atoms with Crippen LogP contribution >= 0.6 is 11.3 Å². The van der Waals surface area contributed by atoms with Crippen LogP contribution in [0.3, 0.4) is 0 Å².